The van der Waals surface area contributed by atoms with Crippen molar-refractivity contribution < 1.29 is 42.1 Å². The first-order valence-corrected chi connectivity index (χ1v) is 15.6. The van der Waals surface area contributed by atoms with Crippen LogP contribution in [0, 0.1) is 17.2 Å². The number of fused-ring (bicyclic) bond motifs is 2. The summed E-state index contributed by atoms with van der Waals surface area (Å²) in [5.74, 6) is -1.14. The fourth-order valence-electron chi connectivity index (χ4n) is 5.27. The van der Waals surface area contributed by atoms with Crippen LogP contribution in [0.15, 0.2) is 48.8 Å². The van der Waals surface area contributed by atoms with E-state index in [4.69, 9.17) is 38.5 Å². The van der Waals surface area contributed by atoms with Gasteiger partial charge in [-0.3, -0.25) is 9.32 Å². The SMILES string of the molecule is C[C@H](NP(=O)(OC[C@@]1(C#N)O[C@@H](c2ccc3c(N)ncnn23)[C@@H]2OC(C)(C)O[C@@H]21)Oc1ccccc1)C(=O)OCC1COC1. The Kier molecular flexibility index (Phi) is 8.10. The maximum atomic E-state index is 14.2. The summed E-state index contributed by atoms with van der Waals surface area (Å²) < 4.78 is 56.6. The molecule has 2 aromatic heterocycles. The third-order valence-electron chi connectivity index (χ3n) is 7.51. The molecule has 3 fully saturated rings. The second-order valence-electron chi connectivity index (χ2n) is 11.3. The second kappa shape index (κ2) is 11.7. The van der Waals surface area contributed by atoms with Crippen LogP contribution in [0.2, 0.25) is 0 Å². The van der Waals surface area contributed by atoms with E-state index in [9.17, 15) is 14.6 Å². The van der Waals surface area contributed by atoms with Crippen LogP contribution in [0.3, 0.4) is 0 Å². The molecule has 16 heteroatoms. The van der Waals surface area contributed by atoms with E-state index in [1.54, 1.807) is 60.8 Å². The average Bonchev–Trinajstić information content (AvgIpc) is 3.62. The highest BCUT2D eigenvalue weighted by Gasteiger charge is 2.65. The number of carbonyl (C=O) groups is 1. The van der Waals surface area contributed by atoms with Gasteiger partial charge in [-0.1, -0.05) is 18.2 Å². The van der Waals surface area contributed by atoms with Crippen molar-refractivity contribution in [3.8, 4) is 11.8 Å². The van der Waals surface area contributed by atoms with E-state index in [0.29, 0.717) is 24.4 Å². The minimum Gasteiger partial charge on any atom is -0.464 e. The maximum Gasteiger partial charge on any atom is 0.459 e. The molecular formula is C28H33N6O9P. The smallest absolute Gasteiger partial charge is 0.459 e. The number of para-hydroxylation sites is 1. The summed E-state index contributed by atoms with van der Waals surface area (Å²) in [5, 5.41) is 17.5. The molecule has 0 aliphatic carbocycles. The first-order valence-electron chi connectivity index (χ1n) is 14.1. The molecule has 234 valence electrons. The van der Waals surface area contributed by atoms with E-state index in [-0.39, 0.29) is 24.1 Å². The van der Waals surface area contributed by atoms with E-state index >= 15 is 0 Å². The van der Waals surface area contributed by atoms with Gasteiger partial charge in [0.1, 0.15) is 54.6 Å². The maximum absolute atomic E-state index is 14.2. The number of nitrogen functional groups attached to an aromatic ring is 1. The van der Waals surface area contributed by atoms with Gasteiger partial charge in [-0.05, 0) is 45.0 Å². The van der Waals surface area contributed by atoms with Gasteiger partial charge in [-0.2, -0.15) is 15.4 Å². The van der Waals surface area contributed by atoms with Crippen LogP contribution in [0.5, 0.6) is 5.75 Å². The largest absolute Gasteiger partial charge is 0.464 e. The first kappa shape index (κ1) is 30.4. The molecule has 3 saturated heterocycles. The number of benzene rings is 1. The van der Waals surface area contributed by atoms with Gasteiger partial charge >= 0.3 is 13.7 Å². The highest BCUT2D eigenvalue weighted by Crippen LogP contribution is 2.53. The molecule has 6 atom stereocenters. The number of esters is 1. The fraction of sp³-hybridized carbons (Fsp3) is 0.500. The van der Waals surface area contributed by atoms with E-state index in [0.717, 1.165) is 0 Å². The third kappa shape index (κ3) is 5.90. The van der Waals surface area contributed by atoms with Crippen molar-refractivity contribution in [1.82, 2.24) is 19.7 Å². The van der Waals surface area contributed by atoms with Crippen molar-refractivity contribution in [2.45, 2.75) is 56.5 Å². The number of nitrogens with two attached hydrogens (primary N) is 1. The van der Waals surface area contributed by atoms with Gasteiger partial charge < -0.3 is 33.9 Å². The number of hydrogen-bond donors (Lipinski definition) is 2. The predicted molar refractivity (Wildman–Crippen MR) is 152 cm³/mol. The lowest BCUT2D eigenvalue weighted by molar-refractivity contribution is -0.204. The number of carbonyl (C=O) groups excluding carboxylic acids is 1. The number of nitrogens with zero attached hydrogens (tertiary/aromatic N) is 4. The highest BCUT2D eigenvalue weighted by atomic mass is 31.2. The molecule has 1 aromatic carbocycles. The molecule has 0 spiro atoms. The van der Waals surface area contributed by atoms with Crippen LogP contribution in [0.25, 0.3) is 5.52 Å². The molecule has 3 N–H and O–H groups in total. The molecule has 0 amide bonds. The molecule has 44 heavy (non-hydrogen) atoms. The minimum atomic E-state index is -4.34. The summed E-state index contributed by atoms with van der Waals surface area (Å²) in [6, 6.07) is 12.9. The Bertz CT molecular complexity index is 1610. The fourth-order valence-corrected chi connectivity index (χ4v) is 6.79. The van der Waals surface area contributed by atoms with Crippen LogP contribution in [-0.4, -0.2) is 76.6 Å². The van der Waals surface area contributed by atoms with Crippen LogP contribution in [-0.2, 0) is 37.6 Å². The van der Waals surface area contributed by atoms with Gasteiger partial charge in [0.15, 0.2) is 11.6 Å². The number of ether oxygens (including phenoxy) is 5. The lowest BCUT2D eigenvalue weighted by atomic mass is 9.96. The summed E-state index contributed by atoms with van der Waals surface area (Å²) in [6.45, 7) is 5.53. The van der Waals surface area contributed by atoms with E-state index in [1.807, 2.05) is 0 Å². The molecule has 0 radical (unpaired) electrons. The number of hydrogen-bond acceptors (Lipinski definition) is 13. The number of anilines is 1. The number of rotatable bonds is 11. The van der Waals surface area contributed by atoms with Crippen molar-refractivity contribution in [2.24, 2.45) is 5.92 Å². The number of aromatic nitrogens is 3. The monoisotopic (exact) mass is 628 g/mol. The second-order valence-corrected chi connectivity index (χ2v) is 13.0. The van der Waals surface area contributed by atoms with Crippen LogP contribution < -0.4 is 15.3 Å². The van der Waals surface area contributed by atoms with Crippen LogP contribution in [0.1, 0.15) is 32.6 Å². The van der Waals surface area contributed by atoms with Gasteiger partial charge in [-0.25, -0.2) is 14.1 Å². The van der Waals surface area contributed by atoms with Crippen molar-refractivity contribution in [3.05, 3.63) is 54.5 Å². The summed E-state index contributed by atoms with van der Waals surface area (Å²) >= 11 is 0. The quantitative estimate of drug-likeness (QED) is 0.233. The third-order valence-corrected chi connectivity index (χ3v) is 9.13. The lowest BCUT2D eigenvalue weighted by Gasteiger charge is -2.31. The molecule has 0 bridgehead atoms. The molecule has 3 aliphatic heterocycles. The zero-order valence-corrected chi connectivity index (χ0v) is 25.2. The van der Waals surface area contributed by atoms with Gasteiger partial charge in [0.05, 0.1) is 25.5 Å². The first-order chi connectivity index (χ1) is 21.0. The van der Waals surface area contributed by atoms with Crippen molar-refractivity contribution in [2.75, 3.05) is 32.2 Å². The molecule has 5 heterocycles. The van der Waals surface area contributed by atoms with Gasteiger partial charge in [0.2, 0.25) is 5.60 Å². The Hall–Kier alpha value is -3.61. The molecule has 15 nitrogen and oxygen atoms in total. The predicted octanol–water partition coefficient (Wildman–Crippen LogP) is 2.54. The van der Waals surface area contributed by atoms with Gasteiger partial charge in [-0.15, -0.1) is 0 Å². The van der Waals surface area contributed by atoms with Crippen molar-refractivity contribution in [3.63, 3.8) is 0 Å². The van der Waals surface area contributed by atoms with Crippen LogP contribution >= 0.6 is 7.75 Å². The lowest BCUT2D eigenvalue weighted by Crippen LogP contribution is -2.46. The Morgan fingerprint density at radius 2 is 2.00 bits per heavy atom. The number of nitrogens with one attached hydrogen (secondary N) is 1. The Morgan fingerprint density at radius 1 is 1.23 bits per heavy atom. The van der Waals surface area contributed by atoms with E-state index in [1.165, 1.54) is 13.3 Å². The standard InChI is InChI=1S/C28H33N6O9P/c1-17(26(35)38-13-18-11-37-12-18)33-44(36,43-19-7-5-4-6-8-19)39-15-28(14-29)24-23(40-27(2,3)42-24)22(41-28)20-9-10-21-25(30)31-16-32-34(20)21/h4-10,16-18,22-24H,11-13,15H2,1-3H3,(H,33,36)(H2,30,31,32)/t17-,22-,23-,24-,28+,44?/m0/s1. The summed E-state index contributed by atoms with van der Waals surface area (Å²) in [7, 11) is -4.34. The Morgan fingerprint density at radius 3 is 2.70 bits per heavy atom. The molecule has 1 unspecified atom stereocenters. The van der Waals surface area contributed by atoms with E-state index < -0.39 is 56.1 Å². The summed E-state index contributed by atoms with van der Waals surface area (Å²) in [5.41, 5.74) is 5.30. The van der Waals surface area contributed by atoms with Crippen molar-refractivity contribution in [1.29, 1.82) is 5.26 Å². The Labute approximate surface area is 253 Å². The molecule has 3 aliphatic rings. The summed E-state index contributed by atoms with van der Waals surface area (Å²) in [6.07, 6.45) is -1.28. The van der Waals surface area contributed by atoms with Gasteiger partial charge in [0, 0.05) is 5.92 Å². The topological polar surface area (TPSA) is 191 Å². The molecular weight excluding hydrogens is 595 g/mol. The molecule has 6 rings (SSSR count). The van der Waals surface area contributed by atoms with Gasteiger partial charge in [0.25, 0.3) is 0 Å². The molecule has 3 aromatic rings. The zero-order chi connectivity index (χ0) is 31.1. The summed E-state index contributed by atoms with van der Waals surface area (Å²) in [4.78, 5) is 16.8. The number of nitriles is 1. The molecule has 0 saturated carbocycles. The average molecular weight is 629 g/mol. The highest BCUT2D eigenvalue weighted by molar-refractivity contribution is 7.52. The Balaban J connectivity index is 1.26. The van der Waals surface area contributed by atoms with Crippen molar-refractivity contribution >= 4 is 25.1 Å². The minimum absolute atomic E-state index is 0.115. The van der Waals surface area contributed by atoms with E-state index in [2.05, 4.69) is 21.2 Å². The normalized spacial score (nSPS) is 28.0. The zero-order valence-electron chi connectivity index (χ0n) is 24.3. The van der Waals surface area contributed by atoms with Crippen LogP contribution in [0.4, 0.5) is 5.82 Å².